The van der Waals surface area contributed by atoms with Crippen LogP contribution in [0.15, 0.2) is 36.4 Å². The first-order chi connectivity index (χ1) is 11.1. The smallest absolute Gasteiger partial charge is 0.249 e. The van der Waals surface area contributed by atoms with E-state index in [1.165, 1.54) is 0 Å². The van der Waals surface area contributed by atoms with Gasteiger partial charge in [-0.15, -0.1) is 0 Å². The molecule has 1 aromatic heterocycles. The van der Waals surface area contributed by atoms with E-state index in [2.05, 4.69) is 9.97 Å². The van der Waals surface area contributed by atoms with Gasteiger partial charge >= 0.3 is 0 Å². The molecule has 2 heterocycles. The number of anilines is 2. The maximum absolute atomic E-state index is 12.8. The lowest BCUT2D eigenvalue weighted by molar-refractivity contribution is -0.118. The van der Waals surface area contributed by atoms with Crippen LogP contribution in [-0.2, 0) is 11.4 Å². The topological polar surface area (TPSA) is 69.6 Å². The van der Waals surface area contributed by atoms with Crippen LogP contribution in [-0.4, -0.2) is 40.6 Å². The molecule has 2 aromatic rings. The Labute approximate surface area is 135 Å². The van der Waals surface area contributed by atoms with Gasteiger partial charge < -0.3 is 14.9 Å². The van der Waals surface area contributed by atoms with E-state index in [4.69, 9.17) is 0 Å². The number of likely N-dealkylation sites (N-methyl/N-ethyl adjacent to an activating group) is 1. The van der Waals surface area contributed by atoms with Crippen molar-refractivity contribution in [1.82, 2.24) is 9.97 Å². The molecule has 0 bridgehead atoms. The Balaban J connectivity index is 1.83. The fourth-order valence-electron chi connectivity index (χ4n) is 2.91. The van der Waals surface area contributed by atoms with Crippen LogP contribution < -0.4 is 9.80 Å². The Morgan fingerprint density at radius 1 is 1.30 bits per heavy atom. The van der Waals surface area contributed by atoms with Crippen molar-refractivity contribution in [3.8, 4) is 0 Å². The van der Waals surface area contributed by atoms with E-state index in [9.17, 15) is 9.90 Å². The normalized spacial score (nSPS) is 17.6. The molecular formula is C17H20N4O2. The molecule has 0 saturated carbocycles. The minimum absolute atomic E-state index is 0.0699. The molecule has 3 rings (SSSR count). The second kappa shape index (κ2) is 6.34. The zero-order chi connectivity index (χ0) is 16.4. The van der Waals surface area contributed by atoms with Crippen molar-refractivity contribution in [2.75, 3.05) is 23.4 Å². The minimum Gasteiger partial charge on any atom is -0.388 e. The second-order valence-corrected chi connectivity index (χ2v) is 5.68. The second-order valence-electron chi connectivity index (χ2n) is 5.68. The van der Waals surface area contributed by atoms with Crippen molar-refractivity contribution in [2.45, 2.75) is 26.0 Å². The number of carbonyl (C=O) groups is 1. The van der Waals surface area contributed by atoms with Gasteiger partial charge in [-0.05, 0) is 25.5 Å². The van der Waals surface area contributed by atoms with Crippen molar-refractivity contribution < 1.29 is 9.90 Å². The largest absolute Gasteiger partial charge is 0.388 e. The molecule has 6 nitrogen and oxygen atoms in total. The lowest BCUT2D eigenvalue weighted by Gasteiger charge is -2.25. The predicted octanol–water partition coefficient (Wildman–Crippen LogP) is 1.52. The van der Waals surface area contributed by atoms with Crippen LogP contribution in [0.4, 0.5) is 11.5 Å². The van der Waals surface area contributed by atoms with E-state index in [0.29, 0.717) is 18.2 Å². The van der Waals surface area contributed by atoms with Crippen LogP contribution in [0, 0.1) is 6.92 Å². The van der Waals surface area contributed by atoms with Gasteiger partial charge in [0.05, 0.1) is 0 Å². The summed E-state index contributed by atoms with van der Waals surface area (Å²) >= 11 is 0. The van der Waals surface area contributed by atoms with Gasteiger partial charge in [0, 0.05) is 31.0 Å². The van der Waals surface area contributed by atoms with Crippen molar-refractivity contribution in [3.05, 3.63) is 47.9 Å². The van der Waals surface area contributed by atoms with Gasteiger partial charge in [-0.25, -0.2) is 9.97 Å². The molecule has 1 aliphatic rings. The number of para-hydroxylation sites is 1. The maximum atomic E-state index is 12.8. The highest BCUT2D eigenvalue weighted by molar-refractivity contribution is 6.01. The summed E-state index contributed by atoms with van der Waals surface area (Å²) in [5.74, 6) is 1.10. The van der Waals surface area contributed by atoms with E-state index >= 15 is 0 Å². The highest BCUT2D eigenvalue weighted by Crippen LogP contribution is 2.26. The van der Waals surface area contributed by atoms with Crippen LogP contribution in [0.1, 0.15) is 17.9 Å². The highest BCUT2D eigenvalue weighted by atomic mass is 16.3. The summed E-state index contributed by atoms with van der Waals surface area (Å²) in [4.78, 5) is 24.9. The molecule has 0 radical (unpaired) electrons. The van der Waals surface area contributed by atoms with E-state index < -0.39 is 0 Å². The molecule has 6 heteroatoms. The van der Waals surface area contributed by atoms with E-state index in [1.54, 1.807) is 0 Å². The van der Waals surface area contributed by atoms with Crippen LogP contribution >= 0.6 is 0 Å². The van der Waals surface area contributed by atoms with E-state index in [1.807, 2.05) is 60.2 Å². The Bertz CT molecular complexity index is 705. The van der Waals surface area contributed by atoms with Gasteiger partial charge in [-0.1, -0.05) is 18.2 Å². The molecule has 0 aliphatic carbocycles. The number of hydrogen-bond donors (Lipinski definition) is 1. The molecule has 1 saturated heterocycles. The molecule has 1 fully saturated rings. The number of aromatic nitrogens is 2. The van der Waals surface area contributed by atoms with Crippen LogP contribution in [0.3, 0.4) is 0 Å². The maximum Gasteiger partial charge on any atom is 0.249 e. The number of nitrogens with zero attached hydrogens (tertiary/aromatic N) is 4. The fourth-order valence-corrected chi connectivity index (χ4v) is 2.91. The first kappa shape index (κ1) is 15.4. The molecule has 120 valence electrons. The third-order valence-corrected chi connectivity index (χ3v) is 4.10. The summed E-state index contributed by atoms with van der Waals surface area (Å²) in [5.41, 5.74) is 1.69. The fraction of sp³-hybridized carbons (Fsp3) is 0.353. The summed E-state index contributed by atoms with van der Waals surface area (Å²) < 4.78 is 0. The number of aryl methyl sites for hydroxylation is 1. The third kappa shape index (κ3) is 3.03. The van der Waals surface area contributed by atoms with Crippen molar-refractivity contribution >= 4 is 17.4 Å². The Kier molecular flexibility index (Phi) is 4.25. The average Bonchev–Trinajstić information content (AvgIpc) is 2.96. The molecule has 1 atom stereocenters. The first-order valence-electron chi connectivity index (χ1n) is 7.65. The summed E-state index contributed by atoms with van der Waals surface area (Å²) in [6.07, 6.45) is 0.738. The van der Waals surface area contributed by atoms with Gasteiger partial charge in [0.1, 0.15) is 18.5 Å². The highest BCUT2D eigenvalue weighted by Gasteiger charge is 2.35. The Hall–Kier alpha value is -2.47. The van der Waals surface area contributed by atoms with Crippen LogP contribution in [0.25, 0.3) is 0 Å². The lowest BCUT2D eigenvalue weighted by atomic mass is 10.2. The van der Waals surface area contributed by atoms with Gasteiger partial charge in [-0.2, -0.15) is 0 Å². The molecular weight excluding hydrogens is 292 g/mol. The summed E-state index contributed by atoms with van der Waals surface area (Å²) in [5, 5.41) is 9.26. The number of rotatable bonds is 4. The zero-order valence-electron chi connectivity index (χ0n) is 13.3. The standard InChI is InChI=1S/C17H20N4O2/c1-12-10-16(19-15(11-22)18-12)20(2)14-8-9-21(17(14)23)13-6-4-3-5-7-13/h3-7,10,14,22H,8-9,11H2,1-2H3. The quantitative estimate of drug-likeness (QED) is 0.927. The van der Waals surface area contributed by atoms with E-state index in [0.717, 1.165) is 17.8 Å². The molecule has 1 N–H and O–H groups in total. The SMILES string of the molecule is Cc1cc(N(C)C2CCN(c3ccccc3)C2=O)nc(CO)n1. The van der Waals surface area contributed by atoms with Gasteiger partial charge in [0.15, 0.2) is 5.82 Å². The number of carbonyl (C=O) groups excluding carboxylic acids is 1. The van der Waals surface area contributed by atoms with E-state index in [-0.39, 0.29) is 18.6 Å². The van der Waals surface area contributed by atoms with Crippen LogP contribution in [0.5, 0.6) is 0 Å². The monoisotopic (exact) mass is 312 g/mol. The number of aliphatic hydroxyl groups excluding tert-OH is 1. The summed E-state index contributed by atoms with van der Waals surface area (Å²) in [7, 11) is 1.86. The lowest BCUT2D eigenvalue weighted by Crippen LogP contribution is -2.40. The Morgan fingerprint density at radius 3 is 2.74 bits per heavy atom. The zero-order valence-corrected chi connectivity index (χ0v) is 13.3. The van der Waals surface area contributed by atoms with Crippen LogP contribution in [0.2, 0.25) is 0 Å². The molecule has 0 spiro atoms. The number of hydrogen-bond acceptors (Lipinski definition) is 5. The third-order valence-electron chi connectivity index (χ3n) is 4.10. The first-order valence-corrected chi connectivity index (χ1v) is 7.65. The molecule has 1 unspecified atom stereocenters. The molecule has 1 amide bonds. The summed E-state index contributed by atoms with van der Waals surface area (Å²) in [6.45, 7) is 2.33. The van der Waals surface area contributed by atoms with Crippen molar-refractivity contribution in [3.63, 3.8) is 0 Å². The summed E-state index contributed by atoms with van der Waals surface area (Å²) in [6, 6.07) is 11.3. The molecule has 1 aromatic carbocycles. The predicted molar refractivity (Wildman–Crippen MR) is 88.3 cm³/mol. The number of aliphatic hydroxyl groups is 1. The minimum atomic E-state index is -0.254. The number of benzene rings is 1. The molecule has 23 heavy (non-hydrogen) atoms. The Morgan fingerprint density at radius 2 is 2.04 bits per heavy atom. The molecule has 1 aliphatic heterocycles. The van der Waals surface area contributed by atoms with Crippen molar-refractivity contribution in [2.24, 2.45) is 0 Å². The number of amides is 1. The van der Waals surface area contributed by atoms with Gasteiger partial charge in [0.25, 0.3) is 0 Å². The van der Waals surface area contributed by atoms with Crippen molar-refractivity contribution in [1.29, 1.82) is 0 Å². The van der Waals surface area contributed by atoms with Gasteiger partial charge in [-0.3, -0.25) is 4.79 Å². The van der Waals surface area contributed by atoms with Gasteiger partial charge in [0.2, 0.25) is 5.91 Å². The average molecular weight is 312 g/mol.